The van der Waals surface area contributed by atoms with E-state index in [2.05, 4.69) is 53.4 Å². The average Bonchev–Trinajstić information content (AvgIpc) is 2.93. The highest BCUT2D eigenvalue weighted by Gasteiger charge is 2.46. The predicted molar refractivity (Wildman–Crippen MR) is 120 cm³/mol. The van der Waals surface area contributed by atoms with Crippen LogP contribution in [0.4, 0.5) is 0 Å². The van der Waals surface area contributed by atoms with Gasteiger partial charge in [-0.25, -0.2) is 0 Å². The Bertz CT molecular complexity index is 525. The molecule has 3 atom stereocenters. The van der Waals surface area contributed by atoms with Crippen molar-refractivity contribution in [3.63, 3.8) is 0 Å². The van der Waals surface area contributed by atoms with Gasteiger partial charge < -0.3 is 9.53 Å². The van der Waals surface area contributed by atoms with Gasteiger partial charge in [-0.05, 0) is 69.5 Å². The normalized spacial score (nSPS) is 27.3. The first kappa shape index (κ1) is 22.9. The summed E-state index contributed by atoms with van der Waals surface area (Å²) in [6.45, 7) is 18.1. The van der Waals surface area contributed by atoms with E-state index in [4.69, 9.17) is 4.43 Å². The van der Waals surface area contributed by atoms with E-state index in [1.165, 1.54) is 37.7 Å². The van der Waals surface area contributed by atoms with Crippen LogP contribution in [0.15, 0.2) is 24.3 Å². The SMILES string of the molecule is C=CCC1C(CCC(C)(O[Si](C)(C)C(C)(C)C)C2CCCCC2)=CCC1O. The van der Waals surface area contributed by atoms with Gasteiger partial charge in [-0.15, -0.1) is 6.58 Å². The monoisotopic (exact) mass is 392 g/mol. The first-order valence-corrected chi connectivity index (χ1v) is 14.1. The molecule has 3 heteroatoms. The molecule has 0 saturated heterocycles. The van der Waals surface area contributed by atoms with Gasteiger partial charge in [0.2, 0.25) is 0 Å². The maximum atomic E-state index is 10.3. The van der Waals surface area contributed by atoms with Crippen molar-refractivity contribution >= 4 is 8.32 Å². The number of hydrogen-bond acceptors (Lipinski definition) is 2. The number of aliphatic hydroxyl groups is 1. The molecule has 1 N–H and O–H groups in total. The number of rotatable bonds is 8. The lowest BCUT2D eigenvalue weighted by molar-refractivity contribution is -0.0119. The van der Waals surface area contributed by atoms with Crippen molar-refractivity contribution in [2.75, 3.05) is 0 Å². The Hall–Kier alpha value is -0.383. The fourth-order valence-corrected chi connectivity index (χ4v) is 6.53. The number of allylic oxidation sites excluding steroid dienone is 1. The molecule has 2 aliphatic carbocycles. The van der Waals surface area contributed by atoms with Crippen molar-refractivity contribution in [3.8, 4) is 0 Å². The Labute approximate surface area is 169 Å². The maximum absolute atomic E-state index is 10.3. The molecule has 2 rings (SSSR count). The fourth-order valence-electron chi connectivity index (χ4n) is 4.79. The summed E-state index contributed by atoms with van der Waals surface area (Å²) < 4.78 is 7.14. The Morgan fingerprint density at radius 2 is 1.81 bits per heavy atom. The molecule has 0 bridgehead atoms. The van der Waals surface area contributed by atoms with Gasteiger partial charge in [-0.3, -0.25) is 0 Å². The molecule has 0 aromatic carbocycles. The van der Waals surface area contributed by atoms with Crippen LogP contribution in [0.5, 0.6) is 0 Å². The van der Waals surface area contributed by atoms with Gasteiger partial charge in [0.25, 0.3) is 0 Å². The molecule has 1 saturated carbocycles. The van der Waals surface area contributed by atoms with Crippen molar-refractivity contribution in [1.82, 2.24) is 0 Å². The van der Waals surface area contributed by atoms with Crippen LogP contribution in [0, 0.1) is 11.8 Å². The van der Waals surface area contributed by atoms with Crippen LogP contribution in [0.2, 0.25) is 18.1 Å². The predicted octanol–water partition coefficient (Wildman–Crippen LogP) is 7.01. The summed E-state index contributed by atoms with van der Waals surface area (Å²) in [4.78, 5) is 0. The van der Waals surface area contributed by atoms with E-state index in [-0.39, 0.29) is 22.7 Å². The van der Waals surface area contributed by atoms with Crippen LogP contribution in [-0.4, -0.2) is 25.1 Å². The van der Waals surface area contributed by atoms with Crippen LogP contribution in [0.1, 0.15) is 85.5 Å². The second-order valence-electron chi connectivity index (χ2n) is 10.7. The minimum atomic E-state index is -1.83. The maximum Gasteiger partial charge on any atom is 0.192 e. The van der Waals surface area contributed by atoms with Crippen molar-refractivity contribution < 1.29 is 9.53 Å². The van der Waals surface area contributed by atoms with Gasteiger partial charge in [0.15, 0.2) is 8.32 Å². The summed E-state index contributed by atoms with van der Waals surface area (Å²) in [6, 6.07) is 0. The van der Waals surface area contributed by atoms with Crippen molar-refractivity contribution in [2.45, 2.75) is 115 Å². The van der Waals surface area contributed by atoms with Crippen molar-refractivity contribution in [2.24, 2.45) is 11.8 Å². The fraction of sp³-hybridized carbons (Fsp3) is 0.833. The largest absolute Gasteiger partial charge is 0.411 e. The molecule has 2 nitrogen and oxygen atoms in total. The van der Waals surface area contributed by atoms with E-state index in [9.17, 15) is 5.11 Å². The molecule has 0 aromatic heterocycles. The second-order valence-corrected chi connectivity index (χ2v) is 15.4. The molecule has 0 aliphatic heterocycles. The van der Waals surface area contributed by atoms with E-state index in [0.29, 0.717) is 5.92 Å². The molecule has 0 aromatic rings. The quantitative estimate of drug-likeness (QED) is 0.355. The van der Waals surface area contributed by atoms with E-state index in [1.807, 2.05) is 6.08 Å². The van der Waals surface area contributed by atoms with E-state index < -0.39 is 8.32 Å². The lowest BCUT2D eigenvalue weighted by Crippen LogP contribution is -2.52. The first-order valence-electron chi connectivity index (χ1n) is 11.2. The highest BCUT2D eigenvalue weighted by Crippen LogP contribution is 2.46. The zero-order valence-corrected chi connectivity index (χ0v) is 19.8. The topological polar surface area (TPSA) is 29.5 Å². The van der Waals surface area contributed by atoms with Gasteiger partial charge in [0, 0.05) is 5.92 Å². The molecule has 27 heavy (non-hydrogen) atoms. The Morgan fingerprint density at radius 1 is 1.19 bits per heavy atom. The number of hydrogen-bond donors (Lipinski definition) is 1. The van der Waals surface area contributed by atoms with Crippen LogP contribution in [-0.2, 0) is 4.43 Å². The molecule has 156 valence electrons. The average molecular weight is 393 g/mol. The standard InChI is InChI=1S/C24H44O2Si/c1-8-12-21-19(15-16-22(21)25)17-18-24(5,20-13-10-9-11-14-20)26-27(6,7)23(2,3)4/h8,15,20-22,25H,1,9-14,16-18H2,2-7H3. The summed E-state index contributed by atoms with van der Waals surface area (Å²) in [5.74, 6) is 0.941. The van der Waals surface area contributed by atoms with Gasteiger partial charge in [0.1, 0.15) is 0 Å². The number of aliphatic hydroxyl groups excluding tert-OH is 1. The summed E-state index contributed by atoms with van der Waals surface area (Å²) in [5, 5.41) is 10.6. The van der Waals surface area contributed by atoms with Crippen LogP contribution >= 0.6 is 0 Å². The van der Waals surface area contributed by atoms with Crippen molar-refractivity contribution in [3.05, 3.63) is 24.3 Å². The molecule has 0 spiro atoms. The Morgan fingerprint density at radius 3 is 2.37 bits per heavy atom. The smallest absolute Gasteiger partial charge is 0.192 e. The zero-order chi connectivity index (χ0) is 20.3. The molecular formula is C24H44O2Si. The highest BCUT2D eigenvalue weighted by atomic mass is 28.4. The minimum absolute atomic E-state index is 0.0451. The van der Waals surface area contributed by atoms with Crippen molar-refractivity contribution in [1.29, 1.82) is 0 Å². The lowest BCUT2D eigenvalue weighted by atomic mass is 9.75. The Kier molecular flexibility index (Phi) is 7.60. The third-order valence-electron chi connectivity index (χ3n) is 7.66. The minimum Gasteiger partial charge on any atom is -0.411 e. The molecule has 0 radical (unpaired) electrons. The van der Waals surface area contributed by atoms with Gasteiger partial charge in [0.05, 0.1) is 11.7 Å². The Balaban J connectivity index is 2.16. The summed E-state index contributed by atoms with van der Waals surface area (Å²) >= 11 is 0. The van der Waals surface area contributed by atoms with Crippen LogP contribution in [0.3, 0.4) is 0 Å². The zero-order valence-electron chi connectivity index (χ0n) is 18.8. The van der Waals surface area contributed by atoms with Gasteiger partial charge in [-0.2, -0.15) is 0 Å². The molecule has 3 unspecified atom stereocenters. The van der Waals surface area contributed by atoms with Gasteiger partial charge >= 0.3 is 0 Å². The molecule has 0 amide bonds. The summed E-state index contributed by atoms with van der Waals surface area (Å²) in [6.07, 6.45) is 14.5. The molecule has 0 heterocycles. The first-order chi connectivity index (χ1) is 12.5. The lowest BCUT2D eigenvalue weighted by Gasteiger charge is -2.49. The molecule has 1 fully saturated rings. The third-order valence-corrected chi connectivity index (χ3v) is 12.2. The van der Waals surface area contributed by atoms with E-state index in [1.54, 1.807) is 0 Å². The second kappa shape index (κ2) is 8.96. The van der Waals surface area contributed by atoms with E-state index in [0.717, 1.165) is 25.7 Å². The van der Waals surface area contributed by atoms with E-state index >= 15 is 0 Å². The van der Waals surface area contributed by atoms with Crippen LogP contribution < -0.4 is 0 Å². The molecule has 2 aliphatic rings. The van der Waals surface area contributed by atoms with Gasteiger partial charge in [-0.1, -0.05) is 57.8 Å². The highest BCUT2D eigenvalue weighted by molar-refractivity contribution is 6.74. The third kappa shape index (κ3) is 5.58. The molecular weight excluding hydrogens is 348 g/mol. The van der Waals surface area contributed by atoms with Crippen LogP contribution in [0.25, 0.3) is 0 Å². The summed E-state index contributed by atoms with van der Waals surface area (Å²) in [5.41, 5.74) is 1.39. The summed E-state index contributed by atoms with van der Waals surface area (Å²) in [7, 11) is -1.83.